The molecule has 0 fully saturated rings. The Morgan fingerprint density at radius 3 is 2.80 bits per heavy atom. The van der Waals surface area contributed by atoms with Crippen LogP contribution in [-0.2, 0) is 6.42 Å². The molecule has 2 aromatic heterocycles. The number of aromatic nitrogens is 2. The van der Waals surface area contributed by atoms with Crippen LogP contribution in [0.1, 0.15) is 5.56 Å². The summed E-state index contributed by atoms with van der Waals surface area (Å²) in [6, 6.07) is 3.67. The van der Waals surface area contributed by atoms with Crippen molar-refractivity contribution in [3.05, 3.63) is 22.7 Å². The number of nitrogens with zero attached hydrogens (tertiary/aromatic N) is 2. The van der Waals surface area contributed by atoms with Crippen molar-refractivity contribution in [3.63, 3.8) is 0 Å². The van der Waals surface area contributed by atoms with Gasteiger partial charge in [0, 0.05) is 17.5 Å². The molecule has 3 aromatic rings. The Balaban J connectivity index is 2.44. The highest BCUT2D eigenvalue weighted by molar-refractivity contribution is 6.32. The molecule has 0 bridgehead atoms. The average molecular weight is 292 g/mol. The van der Waals surface area contributed by atoms with Gasteiger partial charge in [0.15, 0.2) is 11.4 Å². The minimum Gasteiger partial charge on any atom is -0.450 e. The molecular formula is C13H14ClN5O. The van der Waals surface area contributed by atoms with Crippen LogP contribution < -0.4 is 16.8 Å². The van der Waals surface area contributed by atoms with E-state index in [9.17, 15) is 0 Å². The molecule has 0 atom stereocenters. The number of fused-ring (bicyclic) bond motifs is 3. The Morgan fingerprint density at radius 2 is 2.10 bits per heavy atom. The van der Waals surface area contributed by atoms with Crippen LogP contribution in [0.25, 0.3) is 22.1 Å². The number of nitrogen functional groups attached to an aromatic ring is 1. The van der Waals surface area contributed by atoms with Gasteiger partial charge in [-0.15, -0.1) is 0 Å². The van der Waals surface area contributed by atoms with Crippen molar-refractivity contribution in [2.45, 2.75) is 6.42 Å². The zero-order valence-corrected chi connectivity index (χ0v) is 11.7. The SMILES string of the molecule is CNc1nc(N)nc2c1oc1c(CCN)cc(Cl)cc12. The lowest BCUT2D eigenvalue weighted by molar-refractivity contribution is 0.660. The van der Waals surface area contributed by atoms with E-state index in [0.717, 1.165) is 16.5 Å². The smallest absolute Gasteiger partial charge is 0.222 e. The fourth-order valence-corrected chi connectivity index (χ4v) is 2.55. The Bertz CT molecular complexity index is 798. The summed E-state index contributed by atoms with van der Waals surface area (Å²) in [4.78, 5) is 8.38. The Kier molecular flexibility index (Phi) is 3.11. The van der Waals surface area contributed by atoms with Gasteiger partial charge < -0.3 is 21.2 Å². The predicted molar refractivity (Wildman–Crippen MR) is 81.0 cm³/mol. The lowest BCUT2D eigenvalue weighted by Gasteiger charge is -2.00. The van der Waals surface area contributed by atoms with E-state index >= 15 is 0 Å². The maximum atomic E-state index is 6.16. The number of anilines is 2. The zero-order valence-electron chi connectivity index (χ0n) is 10.9. The summed E-state index contributed by atoms with van der Waals surface area (Å²) in [5.41, 5.74) is 14.3. The molecule has 7 heteroatoms. The second kappa shape index (κ2) is 4.81. The lowest BCUT2D eigenvalue weighted by Crippen LogP contribution is -2.02. The first-order valence-corrected chi connectivity index (χ1v) is 6.57. The fraction of sp³-hybridized carbons (Fsp3) is 0.231. The highest BCUT2D eigenvalue weighted by atomic mass is 35.5. The van der Waals surface area contributed by atoms with Crippen LogP contribution in [0.15, 0.2) is 16.5 Å². The first-order valence-electron chi connectivity index (χ1n) is 6.20. The molecule has 0 aliphatic rings. The van der Waals surface area contributed by atoms with Crippen molar-refractivity contribution in [3.8, 4) is 0 Å². The van der Waals surface area contributed by atoms with Crippen LogP contribution in [0.4, 0.5) is 11.8 Å². The summed E-state index contributed by atoms with van der Waals surface area (Å²) in [6.07, 6.45) is 0.675. The minimum atomic E-state index is 0.185. The van der Waals surface area contributed by atoms with E-state index in [0.29, 0.717) is 34.9 Å². The molecule has 6 nitrogen and oxygen atoms in total. The molecular weight excluding hydrogens is 278 g/mol. The maximum Gasteiger partial charge on any atom is 0.222 e. The van der Waals surface area contributed by atoms with E-state index in [1.807, 2.05) is 12.1 Å². The molecule has 0 aliphatic heterocycles. The van der Waals surface area contributed by atoms with E-state index in [2.05, 4.69) is 15.3 Å². The second-order valence-corrected chi connectivity index (χ2v) is 4.88. The molecule has 0 radical (unpaired) electrons. The lowest BCUT2D eigenvalue weighted by atomic mass is 10.1. The highest BCUT2D eigenvalue weighted by Crippen LogP contribution is 2.35. The molecule has 3 rings (SSSR count). The summed E-state index contributed by atoms with van der Waals surface area (Å²) >= 11 is 6.16. The quantitative estimate of drug-likeness (QED) is 0.683. The summed E-state index contributed by atoms with van der Waals surface area (Å²) in [5, 5.41) is 4.39. The van der Waals surface area contributed by atoms with E-state index < -0.39 is 0 Å². The Labute approximate surface area is 120 Å². The molecule has 0 aliphatic carbocycles. The molecule has 20 heavy (non-hydrogen) atoms. The number of nitrogens with two attached hydrogens (primary N) is 2. The van der Waals surface area contributed by atoms with Gasteiger partial charge in [0.25, 0.3) is 0 Å². The summed E-state index contributed by atoms with van der Waals surface area (Å²) < 4.78 is 5.91. The number of rotatable bonds is 3. The second-order valence-electron chi connectivity index (χ2n) is 4.44. The van der Waals surface area contributed by atoms with Crippen molar-refractivity contribution in [2.75, 3.05) is 24.6 Å². The molecule has 0 spiro atoms. The van der Waals surface area contributed by atoms with Crippen molar-refractivity contribution >= 4 is 45.4 Å². The summed E-state index contributed by atoms with van der Waals surface area (Å²) in [6.45, 7) is 0.513. The Hall–Kier alpha value is -2.05. The number of halogens is 1. The van der Waals surface area contributed by atoms with Crippen molar-refractivity contribution < 1.29 is 4.42 Å². The predicted octanol–water partition coefficient (Wildman–Crippen LogP) is 2.15. The molecule has 0 saturated carbocycles. The maximum absolute atomic E-state index is 6.16. The molecule has 5 N–H and O–H groups in total. The Morgan fingerprint density at radius 1 is 1.30 bits per heavy atom. The van der Waals surface area contributed by atoms with Crippen LogP contribution in [0, 0.1) is 0 Å². The first-order chi connectivity index (χ1) is 9.63. The van der Waals surface area contributed by atoms with Crippen molar-refractivity contribution in [1.82, 2.24) is 9.97 Å². The standard InChI is InChI=1S/C13H14ClN5O/c1-17-12-11-9(18-13(16)19-12)8-5-7(14)4-6(2-3-15)10(8)20-11/h4-5H,2-3,15H2,1H3,(H3,16,17,18,19). The van der Waals surface area contributed by atoms with Crippen LogP contribution in [0.3, 0.4) is 0 Å². The molecule has 0 saturated heterocycles. The van der Waals surface area contributed by atoms with Gasteiger partial charge in [-0.2, -0.15) is 4.98 Å². The van der Waals surface area contributed by atoms with Gasteiger partial charge in [0.05, 0.1) is 0 Å². The van der Waals surface area contributed by atoms with Crippen molar-refractivity contribution in [2.24, 2.45) is 5.73 Å². The van der Waals surface area contributed by atoms with Crippen LogP contribution in [0.5, 0.6) is 0 Å². The average Bonchev–Trinajstić information content (AvgIpc) is 2.77. The minimum absolute atomic E-state index is 0.185. The molecule has 2 heterocycles. The van der Waals surface area contributed by atoms with Gasteiger partial charge in [-0.1, -0.05) is 11.6 Å². The third kappa shape index (κ3) is 1.93. The molecule has 0 unspecified atom stereocenters. The number of benzene rings is 1. The summed E-state index contributed by atoms with van der Waals surface area (Å²) in [5.74, 6) is 0.739. The van der Waals surface area contributed by atoms with Crippen LogP contribution in [0.2, 0.25) is 5.02 Å². The van der Waals surface area contributed by atoms with Gasteiger partial charge in [-0.05, 0) is 30.7 Å². The van der Waals surface area contributed by atoms with Gasteiger partial charge >= 0.3 is 0 Å². The first kappa shape index (κ1) is 13.0. The van der Waals surface area contributed by atoms with E-state index in [1.165, 1.54) is 0 Å². The van der Waals surface area contributed by atoms with Crippen LogP contribution >= 0.6 is 11.6 Å². The number of hydrogen-bond donors (Lipinski definition) is 3. The number of furan rings is 1. The third-order valence-corrected chi connectivity index (χ3v) is 3.34. The molecule has 104 valence electrons. The van der Waals surface area contributed by atoms with Gasteiger partial charge in [0.1, 0.15) is 11.1 Å². The fourth-order valence-electron chi connectivity index (χ4n) is 2.31. The van der Waals surface area contributed by atoms with Gasteiger partial charge in [0.2, 0.25) is 5.95 Å². The topological polar surface area (TPSA) is 103 Å². The van der Waals surface area contributed by atoms with E-state index in [-0.39, 0.29) is 5.95 Å². The summed E-state index contributed by atoms with van der Waals surface area (Å²) in [7, 11) is 1.75. The largest absolute Gasteiger partial charge is 0.450 e. The monoisotopic (exact) mass is 291 g/mol. The van der Waals surface area contributed by atoms with Gasteiger partial charge in [-0.3, -0.25) is 0 Å². The molecule has 1 aromatic carbocycles. The van der Waals surface area contributed by atoms with Crippen LogP contribution in [-0.4, -0.2) is 23.6 Å². The number of nitrogens with one attached hydrogen (secondary N) is 1. The van der Waals surface area contributed by atoms with E-state index in [4.69, 9.17) is 27.5 Å². The zero-order chi connectivity index (χ0) is 14.3. The highest BCUT2D eigenvalue weighted by Gasteiger charge is 2.17. The third-order valence-electron chi connectivity index (χ3n) is 3.12. The van der Waals surface area contributed by atoms with E-state index in [1.54, 1.807) is 7.05 Å². The van der Waals surface area contributed by atoms with Crippen molar-refractivity contribution in [1.29, 1.82) is 0 Å². The van der Waals surface area contributed by atoms with Gasteiger partial charge in [-0.25, -0.2) is 4.98 Å². The molecule has 0 amide bonds. The normalized spacial score (nSPS) is 11.3. The number of hydrogen-bond acceptors (Lipinski definition) is 6.